The Labute approximate surface area is 167 Å². The third-order valence-electron chi connectivity index (χ3n) is 4.79. The number of Topliss-reactive ketones (excluding diaryl/α,β-unsaturated/α-hetero) is 1. The van der Waals surface area contributed by atoms with Gasteiger partial charge in [0.2, 0.25) is 0 Å². The number of nitrogens with zero attached hydrogens (tertiary/aromatic N) is 2. The van der Waals surface area contributed by atoms with Crippen LogP contribution in [0.1, 0.15) is 17.3 Å². The molecule has 2 aromatic carbocycles. The van der Waals surface area contributed by atoms with E-state index >= 15 is 0 Å². The highest BCUT2D eigenvalue weighted by Gasteiger charge is 2.47. The summed E-state index contributed by atoms with van der Waals surface area (Å²) in [4.78, 5) is 31.7. The van der Waals surface area contributed by atoms with E-state index in [1.807, 2.05) is 6.07 Å². The molecule has 1 amide bonds. The Kier molecular flexibility index (Phi) is 4.83. The van der Waals surface area contributed by atoms with Gasteiger partial charge in [-0.15, -0.1) is 0 Å². The number of rotatable bonds is 4. The first-order valence-corrected chi connectivity index (χ1v) is 9.03. The molecule has 2 heterocycles. The van der Waals surface area contributed by atoms with Crippen molar-refractivity contribution in [3.63, 3.8) is 0 Å². The number of carbonyl (C=O) groups is 2. The largest absolute Gasteiger partial charge is 0.507 e. The molecule has 0 saturated carbocycles. The van der Waals surface area contributed by atoms with Crippen molar-refractivity contribution in [3.8, 4) is 5.75 Å². The van der Waals surface area contributed by atoms with Crippen LogP contribution in [-0.2, 0) is 9.59 Å². The SMILES string of the molecule is COc1cccc(N2C(=O)C(=O)/C(=C(/O)c3ccccc3)C2c2ccccn2)c1. The van der Waals surface area contributed by atoms with Gasteiger partial charge in [-0.3, -0.25) is 19.5 Å². The predicted octanol–water partition coefficient (Wildman–Crippen LogP) is 3.72. The zero-order valence-electron chi connectivity index (χ0n) is 15.6. The molecule has 6 heteroatoms. The van der Waals surface area contributed by atoms with Gasteiger partial charge in [0.1, 0.15) is 17.6 Å². The molecule has 144 valence electrons. The van der Waals surface area contributed by atoms with Crippen molar-refractivity contribution in [2.24, 2.45) is 0 Å². The van der Waals surface area contributed by atoms with Gasteiger partial charge >= 0.3 is 0 Å². The van der Waals surface area contributed by atoms with E-state index in [1.165, 1.54) is 12.0 Å². The van der Waals surface area contributed by atoms with Crippen molar-refractivity contribution in [2.45, 2.75) is 6.04 Å². The molecule has 4 rings (SSSR count). The second-order valence-corrected chi connectivity index (χ2v) is 6.49. The molecule has 1 unspecified atom stereocenters. The van der Waals surface area contributed by atoms with Gasteiger partial charge in [0.25, 0.3) is 11.7 Å². The van der Waals surface area contributed by atoms with Crippen molar-refractivity contribution < 1.29 is 19.4 Å². The molecule has 29 heavy (non-hydrogen) atoms. The van der Waals surface area contributed by atoms with Crippen LogP contribution in [0.5, 0.6) is 5.75 Å². The Morgan fingerprint density at radius 1 is 1.00 bits per heavy atom. The van der Waals surface area contributed by atoms with Gasteiger partial charge in [0.15, 0.2) is 0 Å². The van der Waals surface area contributed by atoms with Gasteiger partial charge in [-0.25, -0.2) is 0 Å². The Bertz CT molecular complexity index is 1090. The Hall–Kier alpha value is -3.93. The molecule has 1 N–H and O–H groups in total. The van der Waals surface area contributed by atoms with E-state index in [2.05, 4.69) is 4.98 Å². The number of benzene rings is 2. The van der Waals surface area contributed by atoms with Crippen LogP contribution in [0.25, 0.3) is 5.76 Å². The zero-order valence-corrected chi connectivity index (χ0v) is 15.6. The van der Waals surface area contributed by atoms with Crippen LogP contribution < -0.4 is 9.64 Å². The molecule has 1 aliphatic heterocycles. The van der Waals surface area contributed by atoms with E-state index in [4.69, 9.17) is 4.74 Å². The minimum Gasteiger partial charge on any atom is -0.507 e. The Balaban J connectivity index is 1.94. The zero-order chi connectivity index (χ0) is 20.4. The van der Waals surface area contributed by atoms with E-state index in [9.17, 15) is 14.7 Å². The van der Waals surface area contributed by atoms with E-state index < -0.39 is 17.7 Å². The minimum atomic E-state index is -0.858. The summed E-state index contributed by atoms with van der Waals surface area (Å²) in [5, 5.41) is 10.9. The molecule has 1 saturated heterocycles. The number of ketones is 1. The van der Waals surface area contributed by atoms with E-state index in [1.54, 1.807) is 72.9 Å². The van der Waals surface area contributed by atoms with Crippen LogP contribution >= 0.6 is 0 Å². The van der Waals surface area contributed by atoms with Crippen LogP contribution in [0.4, 0.5) is 5.69 Å². The predicted molar refractivity (Wildman–Crippen MR) is 108 cm³/mol. The molecule has 1 aromatic heterocycles. The van der Waals surface area contributed by atoms with Gasteiger partial charge in [0, 0.05) is 23.5 Å². The quantitative estimate of drug-likeness (QED) is 0.420. The van der Waals surface area contributed by atoms with Crippen molar-refractivity contribution >= 4 is 23.1 Å². The number of ether oxygens (including phenoxy) is 1. The fourth-order valence-electron chi connectivity index (χ4n) is 3.43. The summed E-state index contributed by atoms with van der Waals surface area (Å²) in [5.74, 6) is -1.17. The fraction of sp³-hybridized carbons (Fsp3) is 0.0870. The summed E-state index contributed by atoms with van der Waals surface area (Å²) in [6, 6.07) is 19.9. The first kappa shape index (κ1) is 18.4. The van der Waals surface area contributed by atoms with Gasteiger partial charge in [-0.1, -0.05) is 42.5 Å². The van der Waals surface area contributed by atoms with Crippen molar-refractivity contribution in [3.05, 3.63) is 95.8 Å². The van der Waals surface area contributed by atoms with E-state index in [0.717, 1.165) is 0 Å². The first-order chi connectivity index (χ1) is 14.1. The number of aromatic nitrogens is 1. The number of pyridine rings is 1. The summed E-state index contributed by atoms with van der Waals surface area (Å²) < 4.78 is 5.26. The number of amides is 1. The van der Waals surface area contributed by atoms with Crippen LogP contribution in [0.2, 0.25) is 0 Å². The lowest BCUT2D eigenvalue weighted by molar-refractivity contribution is -0.132. The molecular formula is C23H18N2O4. The molecule has 1 aliphatic rings. The topological polar surface area (TPSA) is 79.7 Å². The third-order valence-corrected chi connectivity index (χ3v) is 4.79. The molecule has 6 nitrogen and oxygen atoms in total. The minimum absolute atomic E-state index is 0.00252. The van der Waals surface area contributed by atoms with Crippen molar-refractivity contribution in [2.75, 3.05) is 12.0 Å². The Morgan fingerprint density at radius 3 is 2.45 bits per heavy atom. The second kappa shape index (κ2) is 7.59. The van der Waals surface area contributed by atoms with E-state index in [0.29, 0.717) is 22.7 Å². The molecule has 0 radical (unpaired) electrons. The number of carbonyl (C=O) groups excluding carboxylic acids is 2. The van der Waals surface area contributed by atoms with E-state index in [-0.39, 0.29) is 11.3 Å². The summed E-state index contributed by atoms with van der Waals surface area (Å²) in [5.41, 5.74) is 1.42. The third kappa shape index (κ3) is 3.25. The molecule has 0 bridgehead atoms. The van der Waals surface area contributed by atoms with Gasteiger partial charge in [-0.05, 0) is 24.3 Å². The molecule has 3 aromatic rings. The highest BCUT2D eigenvalue weighted by molar-refractivity contribution is 6.51. The standard InChI is InChI=1S/C23H18N2O4/c1-29-17-11-7-10-16(14-17)25-20(18-12-5-6-13-24-18)19(22(27)23(25)28)21(26)15-8-3-2-4-9-15/h2-14,20,26H,1H3/b21-19+. The smallest absolute Gasteiger partial charge is 0.300 e. The summed E-state index contributed by atoms with van der Waals surface area (Å²) >= 11 is 0. The highest BCUT2D eigenvalue weighted by atomic mass is 16.5. The number of aliphatic hydroxyl groups excluding tert-OH is 1. The molecule has 0 aliphatic carbocycles. The van der Waals surface area contributed by atoms with Crippen LogP contribution in [-0.4, -0.2) is 28.9 Å². The number of methoxy groups -OCH3 is 1. The lowest BCUT2D eigenvalue weighted by atomic mass is 9.98. The molecule has 1 atom stereocenters. The normalized spacial score (nSPS) is 18.1. The van der Waals surface area contributed by atoms with Crippen molar-refractivity contribution in [1.82, 2.24) is 4.98 Å². The maximum atomic E-state index is 13.0. The Morgan fingerprint density at radius 2 is 1.76 bits per heavy atom. The monoisotopic (exact) mass is 386 g/mol. The molecule has 1 fully saturated rings. The first-order valence-electron chi connectivity index (χ1n) is 9.03. The lowest BCUT2D eigenvalue weighted by Gasteiger charge is -2.24. The number of hydrogen-bond donors (Lipinski definition) is 1. The van der Waals surface area contributed by atoms with Crippen molar-refractivity contribution in [1.29, 1.82) is 0 Å². The van der Waals surface area contributed by atoms with Crippen LogP contribution in [0, 0.1) is 0 Å². The van der Waals surface area contributed by atoms with Gasteiger partial charge in [-0.2, -0.15) is 0 Å². The second-order valence-electron chi connectivity index (χ2n) is 6.49. The van der Waals surface area contributed by atoms with Gasteiger partial charge in [0.05, 0.1) is 18.4 Å². The summed E-state index contributed by atoms with van der Waals surface area (Å²) in [7, 11) is 1.53. The number of aliphatic hydroxyl groups is 1. The maximum absolute atomic E-state index is 13.0. The highest BCUT2D eigenvalue weighted by Crippen LogP contribution is 2.41. The average molecular weight is 386 g/mol. The van der Waals surface area contributed by atoms with Crippen LogP contribution in [0.3, 0.4) is 0 Å². The molecule has 0 spiro atoms. The average Bonchev–Trinajstić information content (AvgIpc) is 3.05. The molecular weight excluding hydrogens is 368 g/mol. The van der Waals surface area contributed by atoms with Gasteiger partial charge < -0.3 is 9.84 Å². The maximum Gasteiger partial charge on any atom is 0.300 e. The summed E-state index contributed by atoms with van der Waals surface area (Å²) in [6.07, 6.45) is 1.59. The number of hydrogen-bond acceptors (Lipinski definition) is 5. The lowest BCUT2D eigenvalue weighted by Crippen LogP contribution is -2.29. The van der Waals surface area contributed by atoms with Crippen LogP contribution in [0.15, 0.2) is 84.6 Å². The number of anilines is 1. The summed E-state index contributed by atoms with van der Waals surface area (Å²) in [6.45, 7) is 0. The fourth-order valence-corrected chi connectivity index (χ4v) is 3.43.